The molecule has 0 saturated carbocycles. The monoisotopic (exact) mass is 417 g/mol. The fourth-order valence-corrected chi connectivity index (χ4v) is 4.14. The lowest BCUT2D eigenvalue weighted by Gasteiger charge is -2.38. The third-order valence-electron chi connectivity index (χ3n) is 6.20. The molecule has 0 amide bonds. The van der Waals surface area contributed by atoms with Gasteiger partial charge in [-0.1, -0.05) is 38.8 Å². The Balaban J connectivity index is 1.56. The molecule has 0 spiro atoms. The first kappa shape index (κ1) is 25.2. The molecule has 4 nitrogen and oxygen atoms in total. The summed E-state index contributed by atoms with van der Waals surface area (Å²) < 4.78 is 5.78. The van der Waals surface area contributed by atoms with Crippen LogP contribution in [0, 0.1) is 5.92 Å². The Morgan fingerprint density at radius 2 is 1.50 bits per heavy atom. The van der Waals surface area contributed by atoms with Crippen molar-refractivity contribution in [3.8, 4) is 0 Å². The van der Waals surface area contributed by atoms with Gasteiger partial charge in [-0.15, -0.1) is 0 Å². The van der Waals surface area contributed by atoms with E-state index in [2.05, 4.69) is 73.7 Å². The Kier molecular flexibility index (Phi) is 11.8. The van der Waals surface area contributed by atoms with Crippen molar-refractivity contribution < 1.29 is 4.74 Å². The fourth-order valence-electron chi connectivity index (χ4n) is 4.14. The van der Waals surface area contributed by atoms with Crippen molar-refractivity contribution in [1.82, 2.24) is 9.80 Å². The molecule has 30 heavy (non-hydrogen) atoms. The maximum atomic E-state index is 5.78. The fraction of sp³-hybridized carbons (Fsp3) is 0.769. The molecule has 4 heteroatoms. The maximum Gasteiger partial charge on any atom is 0.0466 e. The summed E-state index contributed by atoms with van der Waals surface area (Å²) in [5.74, 6) is 0.817. The summed E-state index contributed by atoms with van der Waals surface area (Å²) in [5, 5.41) is 0. The van der Waals surface area contributed by atoms with Crippen LogP contribution in [-0.2, 0) is 11.3 Å². The lowest BCUT2D eigenvalue weighted by Crippen LogP contribution is -2.48. The van der Waals surface area contributed by atoms with Crippen molar-refractivity contribution in [2.24, 2.45) is 5.92 Å². The van der Waals surface area contributed by atoms with E-state index in [1.54, 1.807) is 0 Å². The average Bonchev–Trinajstić information content (AvgIpc) is 2.73. The third-order valence-corrected chi connectivity index (χ3v) is 6.20. The van der Waals surface area contributed by atoms with E-state index in [1.165, 1.54) is 50.0 Å². The van der Waals surface area contributed by atoms with Crippen LogP contribution >= 0.6 is 0 Å². The molecule has 1 heterocycles. The lowest BCUT2D eigenvalue weighted by molar-refractivity contribution is 0.123. The molecule has 2 rings (SSSR count). The second-order valence-electron chi connectivity index (χ2n) is 9.73. The standard InChI is InChI=1S/C26H47N3O/c1-23(2)10-6-8-20-30-21-9-7-15-27(5)22-25-11-13-26(14-12-25)29-18-16-28(17-19-29)24(3)4/h11-14,23-24H,6-10,15-22H2,1-5H3. The molecule has 0 bridgehead atoms. The summed E-state index contributed by atoms with van der Waals surface area (Å²) in [4.78, 5) is 7.52. The molecule has 0 aromatic heterocycles. The quantitative estimate of drug-likeness (QED) is 0.384. The Morgan fingerprint density at radius 1 is 0.867 bits per heavy atom. The number of hydrogen-bond donors (Lipinski definition) is 0. The smallest absolute Gasteiger partial charge is 0.0466 e. The molecule has 1 aliphatic heterocycles. The Hall–Kier alpha value is -1.10. The van der Waals surface area contributed by atoms with Crippen LogP contribution in [0.3, 0.4) is 0 Å². The van der Waals surface area contributed by atoms with E-state index in [4.69, 9.17) is 4.74 Å². The average molecular weight is 418 g/mol. The second-order valence-corrected chi connectivity index (χ2v) is 9.73. The molecule has 1 saturated heterocycles. The predicted molar refractivity (Wildman–Crippen MR) is 130 cm³/mol. The summed E-state index contributed by atoms with van der Waals surface area (Å²) in [6.07, 6.45) is 6.20. The zero-order valence-corrected chi connectivity index (χ0v) is 20.4. The Morgan fingerprint density at radius 3 is 2.10 bits per heavy atom. The summed E-state index contributed by atoms with van der Waals surface area (Å²) in [6, 6.07) is 9.89. The van der Waals surface area contributed by atoms with E-state index in [-0.39, 0.29) is 0 Å². The number of benzene rings is 1. The van der Waals surface area contributed by atoms with Gasteiger partial charge in [-0.25, -0.2) is 0 Å². The van der Waals surface area contributed by atoms with Crippen LogP contribution in [0.2, 0.25) is 0 Å². The minimum Gasteiger partial charge on any atom is -0.381 e. The van der Waals surface area contributed by atoms with Crippen molar-refractivity contribution in [2.75, 3.05) is 57.9 Å². The van der Waals surface area contributed by atoms with Gasteiger partial charge in [0.25, 0.3) is 0 Å². The molecule has 0 radical (unpaired) electrons. The second kappa shape index (κ2) is 14.1. The van der Waals surface area contributed by atoms with E-state index in [0.717, 1.165) is 51.7 Å². The van der Waals surface area contributed by atoms with Gasteiger partial charge >= 0.3 is 0 Å². The first-order valence-corrected chi connectivity index (χ1v) is 12.3. The van der Waals surface area contributed by atoms with Gasteiger partial charge in [0.05, 0.1) is 0 Å². The Bertz CT molecular complexity index is 550. The highest BCUT2D eigenvalue weighted by Gasteiger charge is 2.18. The normalized spacial score (nSPS) is 15.7. The SMILES string of the molecule is CC(C)CCCCOCCCCN(C)Cc1ccc(N2CCN(C(C)C)CC2)cc1. The number of rotatable bonds is 14. The number of anilines is 1. The van der Waals surface area contributed by atoms with Crippen molar-refractivity contribution in [2.45, 2.75) is 72.4 Å². The summed E-state index contributed by atoms with van der Waals surface area (Å²) in [5.41, 5.74) is 2.78. The predicted octanol–water partition coefficient (Wildman–Crippen LogP) is 5.27. The molecule has 0 N–H and O–H groups in total. The van der Waals surface area contributed by atoms with Gasteiger partial charge in [0, 0.05) is 57.7 Å². The van der Waals surface area contributed by atoms with E-state index < -0.39 is 0 Å². The van der Waals surface area contributed by atoms with E-state index in [1.807, 2.05) is 0 Å². The minimum absolute atomic E-state index is 0.659. The van der Waals surface area contributed by atoms with Crippen LogP contribution in [0.15, 0.2) is 24.3 Å². The van der Waals surface area contributed by atoms with Crippen molar-refractivity contribution >= 4 is 5.69 Å². The van der Waals surface area contributed by atoms with E-state index in [0.29, 0.717) is 6.04 Å². The molecular weight excluding hydrogens is 370 g/mol. The topological polar surface area (TPSA) is 19.0 Å². The van der Waals surface area contributed by atoms with Gasteiger partial charge in [-0.3, -0.25) is 4.90 Å². The zero-order valence-electron chi connectivity index (χ0n) is 20.4. The van der Waals surface area contributed by atoms with Gasteiger partial charge in [-0.05, 0) is 70.3 Å². The molecule has 0 aliphatic carbocycles. The molecular formula is C26H47N3O. The number of ether oxygens (including phenoxy) is 1. The highest BCUT2D eigenvalue weighted by atomic mass is 16.5. The lowest BCUT2D eigenvalue weighted by atomic mass is 10.1. The van der Waals surface area contributed by atoms with Crippen LogP contribution in [0.5, 0.6) is 0 Å². The molecule has 172 valence electrons. The van der Waals surface area contributed by atoms with E-state index >= 15 is 0 Å². The largest absolute Gasteiger partial charge is 0.381 e. The van der Waals surface area contributed by atoms with Crippen LogP contribution < -0.4 is 4.90 Å². The number of unbranched alkanes of at least 4 members (excludes halogenated alkanes) is 2. The molecule has 0 unspecified atom stereocenters. The number of nitrogens with zero attached hydrogens (tertiary/aromatic N) is 3. The maximum absolute atomic E-state index is 5.78. The van der Waals surface area contributed by atoms with Crippen LogP contribution in [-0.4, -0.2) is 68.8 Å². The summed E-state index contributed by atoms with van der Waals surface area (Å²) in [6.45, 7) is 17.8. The first-order chi connectivity index (χ1) is 14.5. The molecule has 1 aliphatic rings. The molecule has 1 aromatic rings. The molecule has 1 aromatic carbocycles. The van der Waals surface area contributed by atoms with Gasteiger partial charge in [-0.2, -0.15) is 0 Å². The van der Waals surface area contributed by atoms with E-state index in [9.17, 15) is 0 Å². The molecule has 1 fully saturated rings. The van der Waals surface area contributed by atoms with Crippen molar-refractivity contribution in [3.05, 3.63) is 29.8 Å². The summed E-state index contributed by atoms with van der Waals surface area (Å²) in [7, 11) is 2.23. The Labute approximate surface area is 186 Å². The number of hydrogen-bond acceptors (Lipinski definition) is 4. The number of piperazine rings is 1. The molecule has 0 atom stereocenters. The third kappa shape index (κ3) is 9.80. The van der Waals surface area contributed by atoms with Crippen LogP contribution in [0.4, 0.5) is 5.69 Å². The van der Waals surface area contributed by atoms with Crippen molar-refractivity contribution in [1.29, 1.82) is 0 Å². The van der Waals surface area contributed by atoms with Gasteiger partial charge in [0.1, 0.15) is 0 Å². The van der Waals surface area contributed by atoms with Gasteiger partial charge in [0.2, 0.25) is 0 Å². The van der Waals surface area contributed by atoms with Crippen LogP contribution in [0.25, 0.3) is 0 Å². The van der Waals surface area contributed by atoms with Crippen molar-refractivity contribution in [3.63, 3.8) is 0 Å². The van der Waals surface area contributed by atoms with Gasteiger partial charge < -0.3 is 14.5 Å². The summed E-state index contributed by atoms with van der Waals surface area (Å²) >= 11 is 0. The minimum atomic E-state index is 0.659. The van der Waals surface area contributed by atoms with Gasteiger partial charge in [0.15, 0.2) is 0 Å². The zero-order chi connectivity index (χ0) is 21.8. The highest BCUT2D eigenvalue weighted by Crippen LogP contribution is 2.19. The first-order valence-electron chi connectivity index (χ1n) is 12.3. The van der Waals surface area contributed by atoms with Crippen LogP contribution in [0.1, 0.15) is 65.4 Å². The highest BCUT2D eigenvalue weighted by molar-refractivity contribution is 5.48.